The van der Waals surface area contributed by atoms with Crippen LogP contribution < -0.4 is 0 Å². The summed E-state index contributed by atoms with van der Waals surface area (Å²) < 4.78 is 7.82. The lowest BCUT2D eigenvalue weighted by molar-refractivity contribution is 0.0973. The Hall–Kier alpha value is -0.800. The first kappa shape index (κ1) is 14.6. The van der Waals surface area contributed by atoms with Crippen LogP contribution in [0.2, 0.25) is 0 Å². The molecule has 0 fully saturated rings. The number of aliphatic hydroxyl groups excluding tert-OH is 1. The van der Waals surface area contributed by atoms with Crippen molar-refractivity contribution in [2.24, 2.45) is 5.41 Å². The van der Waals surface area contributed by atoms with Gasteiger partial charge in [-0.05, 0) is 37.2 Å². The smallest absolute Gasteiger partial charge is 0.0812 e. The zero-order chi connectivity index (χ0) is 13.9. The van der Waals surface area contributed by atoms with Crippen molar-refractivity contribution in [1.82, 2.24) is 4.57 Å². The van der Waals surface area contributed by atoms with Gasteiger partial charge in [-0.1, -0.05) is 20.8 Å². The lowest BCUT2D eigenvalue weighted by Crippen LogP contribution is -2.26. The summed E-state index contributed by atoms with van der Waals surface area (Å²) in [6, 6.07) is 2.09. The molecular weight excluding hydrogens is 238 g/mol. The van der Waals surface area contributed by atoms with Crippen LogP contribution >= 0.6 is 0 Å². The van der Waals surface area contributed by atoms with Crippen molar-refractivity contribution in [3.63, 3.8) is 0 Å². The third-order valence-corrected chi connectivity index (χ3v) is 3.90. The maximum absolute atomic E-state index is 10.2. The van der Waals surface area contributed by atoms with Crippen LogP contribution in [0.15, 0.2) is 12.3 Å². The predicted octanol–water partition coefficient (Wildman–Crippen LogP) is 3.31. The molecule has 1 heterocycles. The van der Waals surface area contributed by atoms with Crippen LogP contribution in [0.4, 0.5) is 0 Å². The Kier molecular flexibility index (Phi) is 4.69. The molecular formula is C16H27NO2. The third kappa shape index (κ3) is 3.61. The van der Waals surface area contributed by atoms with Crippen molar-refractivity contribution in [1.29, 1.82) is 0 Å². The number of aromatic nitrogens is 1. The quantitative estimate of drug-likeness (QED) is 0.801. The second kappa shape index (κ2) is 6.10. The molecule has 0 radical (unpaired) electrons. The minimum Gasteiger partial charge on any atom is -0.388 e. The Balaban J connectivity index is 1.96. The number of hydrogen-bond acceptors (Lipinski definition) is 2. The van der Waals surface area contributed by atoms with Crippen molar-refractivity contribution in [3.05, 3.63) is 23.5 Å². The maximum Gasteiger partial charge on any atom is 0.0812 e. The van der Waals surface area contributed by atoms with Gasteiger partial charge < -0.3 is 14.4 Å². The molecule has 0 spiro atoms. The van der Waals surface area contributed by atoms with Gasteiger partial charge in [-0.15, -0.1) is 0 Å². The van der Waals surface area contributed by atoms with Crippen LogP contribution in [-0.2, 0) is 17.7 Å². The monoisotopic (exact) mass is 265 g/mol. The van der Waals surface area contributed by atoms with Gasteiger partial charge in [0.15, 0.2) is 0 Å². The SMILES string of the molecule is CCCOCCCn1ccc2c1CC(C)(C)CC2O. The van der Waals surface area contributed by atoms with Gasteiger partial charge in [-0.3, -0.25) is 0 Å². The number of hydrogen-bond donors (Lipinski definition) is 1. The predicted molar refractivity (Wildman–Crippen MR) is 77.2 cm³/mol. The molecule has 0 saturated heterocycles. The minimum absolute atomic E-state index is 0.196. The second-order valence-electron chi connectivity index (χ2n) is 6.44. The van der Waals surface area contributed by atoms with E-state index in [0.29, 0.717) is 0 Å². The van der Waals surface area contributed by atoms with E-state index in [2.05, 4.69) is 37.6 Å². The van der Waals surface area contributed by atoms with Gasteiger partial charge >= 0.3 is 0 Å². The van der Waals surface area contributed by atoms with E-state index in [1.807, 2.05) is 0 Å². The average molecular weight is 265 g/mol. The fourth-order valence-electron chi connectivity index (χ4n) is 2.98. The van der Waals surface area contributed by atoms with E-state index < -0.39 is 0 Å². The van der Waals surface area contributed by atoms with Crippen LogP contribution in [0.25, 0.3) is 0 Å². The van der Waals surface area contributed by atoms with E-state index in [4.69, 9.17) is 4.74 Å². The van der Waals surface area contributed by atoms with Gasteiger partial charge in [0.1, 0.15) is 0 Å². The Morgan fingerprint density at radius 3 is 2.95 bits per heavy atom. The summed E-state index contributed by atoms with van der Waals surface area (Å²) >= 11 is 0. The van der Waals surface area contributed by atoms with Crippen molar-refractivity contribution in [2.45, 2.75) is 59.1 Å². The first-order chi connectivity index (χ1) is 9.03. The number of rotatable bonds is 6. The topological polar surface area (TPSA) is 34.4 Å². The van der Waals surface area contributed by atoms with E-state index >= 15 is 0 Å². The van der Waals surface area contributed by atoms with Crippen molar-refractivity contribution in [3.8, 4) is 0 Å². The van der Waals surface area contributed by atoms with Crippen LogP contribution in [0, 0.1) is 5.41 Å². The summed E-state index contributed by atoms with van der Waals surface area (Å²) in [7, 11) is 0. The molecule has 1 unspecified atom stereocenters. The molecule has 1 atom stereocenters. The zero-order valence-electron chi connectivity index (χ0n) is 12.5. The number of aliphatic hydroxyl groups is 1. The molecule has 0 aromatic carbocycles. The van der Waals surface area contributed by atoms with Crippen LogP contribution in [0.3, 0.4) is 0 Å². The van der Waals surface area contributed by atoms with E-state index in [1.165, 1.54) is 5.69 Å². The first-order valence-corrected chi connectivity index (χ1v) is 7.47. The zero-order valence-corrected chi connectivity index (χ0v) is 12.5. The summed E-state index contributed by atoms with van der Waals surface area (Å²) in [4.78, 5) is 0. The number of nitrogens with zero attached hydrogens (tertiary/aromatic N) is 1. The molecule has 0 saturated carbocycles. The Labute approximate surface area is 116 Å². The van der Waals surface area contributed by atoms with Gasteiger partial charge in [-0.2, -0.15) is 0 Å². The molecule has 0 aliphatic heterocycles. The van der Waals surface area contributed by atoms with Crippen LogP contribution in [0.5, 0.6) is 0 Å². The highest BCUT2D eigenvalue weighted by atomic mass is 16.5. The summed E-state index contributed by atoms with van der Waals surface area (Å²) in [6.07, 6.45) is 5.87. The second-order valence-corrected chi connectivity index (χ2v) is 6.44. The van der Waals surface area contributed by atoms with Gasteiger partial charge in [0, 0.05) is 37.2 Å². The van der Waals surface area contributed by atoms with E-state index in [0.717, 1.165) is 51.0 Å². The molecule has 108 valence electrons. The molecule has 3 nitrogen and oxygen atoms in total. The first-order valence-electron chi connectivity index (χ1n) is 7.47. The summed E-state index contributed by atoms with van der Waals surface area (Å²) in [5.41, 5.74) is 2.65. The van der Waals surface area contributed by atoms with Gasteiger partial charge in [0.2, 0.25) is 0 Å². The number of fused-ring (bicyclic) bond motifs is 1. The molecule has 3 heteroatoms. The molecule has 1 aromatic heterocycles. The van der Waals surface area contributed by atoms with Crippen molar-refractivity contribution < 1.29 is 9.84 Å². The highest BCUT2D eigenvalue weighted by Gasteiger charge is 2.32. The standard InChI is InChI=1S/C16H27NO2/c1-4-9-19-10-5-7-17-8-6-13-14(17)11-16(2,3)12-15(13)18/h6,8,15,18H,4-5,7,9-12H2,1-3H3. The molecule has 2 rings (SSSR count). The normalized spacial score (nSPS) is 21.4. The summed E-state index contributed by atoms with van der Waals surface area (Å²) in [5.74, 6) is 0. The lowest BCUT2D eigenvalue weighted by atomic mass is 9.75. The fourth-order valence-corrected chi connectivity index (χ4v) is 2.98. The van der Waals surface area contributed by atoms with Gasteiger partial charge in [-0.25, -0.2) is 0 Å². The number of aryl methyl sites for hydroxylation is 1. The highest BCUT2D eigenvalue weighted by molar-refractivity contribution is 5.29. The third-order valence-electron chi connectivity index (χ3n) is 3.90. The lowest BCUT2D eigenvalue weighted by Gasteiger charge is -2.34. The molecule has 1 aromatic rings. The minimum atomic E-state index is -0.295. The Morgan fingerprint density at radius 1 is 1.42 bits per heavy atom. The largest absolute Gasteiger partial charge is 0.388 e. The van der Waals surface area contributed by atoms with E-state index in [1.54, 1.807) is 0 Å². The molecule has 1 N–H and O–H groups in total. The van der Waals surface area contributed by atoms with Crippen molar-refractivity contribution in [2.75, 3.05) is 13.2 Å². The summed E-state index contributed by atoms with van der Waals surface area (Å²) in [6.45, 7) is 9.28. The maximum atomic E-state index is 10.2. The van der Waals surface area contributed by atoms with Gasteiger partial charge in [0.25, 0.3) is 0 Å². The Morgan fingerprint density at radius 2 is 2.21 bits per heavy atom. The van der Waals surface area contributed by atoms with Crippen LogP contribution in [0.1, 0.15) is 57.4 Å². The fraction of sp³-hybridized carbons (Fsp3) is 0.750. The molecule has 0 bridgehead atoms. The van der Waals surface area contributed by atoms with Gasteiger partial charge in [0.05, 0.1) is 6.10 Å². The molecule has 1 aliphatic carbocycles. The van der Waals surface area contributed by atoms with E-state index in [9.17, 15) is 5.11 Å². The molecule has 19 heavy (non-hydrogen) atoms. The Bertz CT molecular complexity index is 409. The number of ether oxygens (including phenoxy) is 1. The highest BCUT2D eigenvalue weighted by Crippen LogP contribution is 2.41. The van der Waals surface area contributed by atoms with Crippen LogP contribution in [-0.4, -0.2) is 22.9 Å². The van der Waals surface area contributed by atoms with E-state index in [-0.39, 0.29) is 11.5 Å². The van der Waals surface area contributed by atoms with Crippen molar-refractivity contribution >= 4 is 0 Å². The summed E-state index contributed by atoms with van der Waals surface area (Å²) in [5, 5.41) is 10.2. The average Bonchev–Trinajstić information content (AvgIpc) is 2.71. The molecule has 1 aliphatic rings. The molecule has 0 amide bonds.